The van der Waals surface area contributed by atoms with Crippen molar-refractivity contribution < 1.29 is 9.31 Å². The third kappa shape index (κ3) is 4.65. The number of halogens is 1. The van der Waals surface area contributed by atoms with E-state index in [0.29, 0.717) is 13.0 Å². The first-order chi connectivity index (χ1) is 10.0. The van der Waals surface area contributed by atoms with Crippen LogP contribution in [0.15, 0.2) is 48.5 Å². The number of rotatable bonds is 6. The lowest BCUT2D eigenvalue weighted by Gasteiger charge is -2.14. The molecular formula is C16H17FN2O2. The average molecular weight is 288 g/mol. The number of nitrogens with zero attached hydrogens (tertiary/aromatic N) is 1. The smallest absolute Gasteiger partial charge is 0.269 e. The van der Waals surface area contributed by atoms with E-state index in [9.17, 15) is 14.5 Å². The molecule has 1 unspecified atom stereocenters. The van der Waals surface area contributed by atoms with Crippen molar-refractivity contribution in [3.05, 3.63) is 75.6 Å². The fourth-order valence-corrected chi connectivity index (χ4v) is 2.16. The van der Waals surface area contributed by atoms with E-state index in [1.165, 1.54) is 18.2 Å². The molecule has 0 fully saturated rings. The Labute approximate surface area is 122 Å². The van der Waals surface area contributed by atoms with E-state index in [4.69, 9.17) is 0 Å². The number of hydrogen-bond acceptors (Lipinski definition) is 3. The summed E-state index contributed by atoms with van der Waals surface area (Å²) >= 11 is 0. The lowest BCUT2D eigenvalue weighted by Crippen LogP contribution is -2.27. The molecular weight excluding hydrogens is 271 g/mol. The molecule has 0 bridgehead atoms. The molecule has 1 N–H and O–H groups in total. The molecule has 0 spiro atoms. The second-order valence-corrected chi connectivity index (χ2v) is 5.04. The summed E-state index contributed by atoms with van der Waals surface area (Å²) in [6.07, 6.45) is 0.701. The zero-order valence-corrected chi connectivity index (χ0v) is 11.8. The monoisotopic (exact) mass is 288 g/mol. The number of nitrogens with one attached hydrogen (secondary N) is 1. The molecule has 21 heavy (non-hydrogen) atoms. The molecule has 0 aliphatic rings. The Morgan fingerprint density at radius 1 is 1.19 bits per heavy atom. The number of hydrogen-bond donors (Lipinski definition) is 1. The van der Waals surface area contributed by atoms with Crippen molar-refractivity contribution >= 4 is 5.69 Å². The molecule has 110 valence electrons. The topological polar surface area (TPSA) is 55.2 Å². The highest BCUT2D eigenvalue weighted by atomic mass is 19.1. The Bertz CT molecular complexity index is 631. The summed E-state index contributed by atoms with van der Waals surface area (Å²) in [6, 6.07) is 13.2. The minimum Gasteiger partial charge on any atom is -0.310 e. The van der Waals surface area contributed by atoms with Crippen molar-refractivity contribution in [2.45, 2.75) is 25.9 Å². The van der Waals surface area contributed by atoms with E-state index < -0.39 is 4.92 Å². The molecule has 0 heterocycles. The third-order valence-corrected chi connectivity index (χ3v) is 3.21. The first-order valence-corrected chi connectivity index (χ1v) is 6.76. The molecule has 0 saturated heterocycles. The van der Waals surface area contributed by atoms with Gasteiger partial charge < -0.3 is 5.32 Å². The molecule has 0 amide bonds. The predicted molar refractivity (Wildman–Crippen MR) is 79.5 cm³/mol. The lowest BCUT2D eigenvalue weighted by molar-refractivity contribution is -0.384. The van der Waals surface area contributed by atoms with Gasteiger partial charge in [-0.1, -0.05) is 24.3 Å². The Kier molecular flexibility index (Phi) is 5.00. The summed E-state index contributed by atoms with van der Waals surface area (Å²) in [5, 5.41) is 14.0. The maximum absolute atomic E-state index is 13.1. The molecule has 4 nitrogen and oxygen atoms in total. The van der Waals surface area contributed by atoms with Gasteiger partial charge in [0, 0.05) is 24.7 Å². The molecule has 0 radical (unpaired) electrons. The second kappa shape index (κ2) is 6.95. The van der Waals surface area contributed by atoms with Crippen LogP contribution >= 0.6 is 0 Å². The van der Waals surface area contributed by atoms with Gasteiger partial charge in [-0.2, -0.15) is 0 Å². The van der Waals surface area contributed by atoms with Crippen LogP contribution in [0.5, 0.6) is 0 Å². The van der Waals surface area contributed by atoms with Crippen LogP contribution in [0.4, 0.5) is 10.1 Å². The highest BCUT2D eigenvalue weighted by molar-refractivity contribution is 5.34. The van der Waals surface area contributed by atoms with Crippen LogP contribution in [0.2, 0.25) is 0 Å². The lowest BCUT2D eigenvalue weighted by atomic mass is 10.1. The molecule has 0 aromatic heterocycles. The second-order valence-electron chi connectivity index (χ2n) is 5.04. The van der Waals surface area contributed by atoms with Crippen molar-refractivity contribution in [3.63, 3.8) is 0 Å². The van der Waals surface area contributed by atoms with Crippen LogP contribution in [-0.4, -0.2) is 11.0 Å². The Hall–Kier alpha value is -2.27. The van der Waals surface area contributed by atoms with E-state index in [1.54, 1.807) is 18.2 Å². The highest BCUT2D eigenvalue weighted by Crippen LogP contribution is 2.13. The zero-order chi connectivity index (χ0) is 15.2. The maximum atomic E-state index is 13.1. The Morgan fingerprint density at radius 2 is 1.90 bits per heavy atom. The molecule has 1 atom stereocenters. The zero-order valence-electron chi connectivity index (χ0n) is 11.8. The van der Waals surface area contributed by atoms with Gasteiger partial charge in [0.1, 0.15) is 5.82 Å². The van der Waals surface area contributed by atoms with Gasteiger partial charge in [-0.15, -0.1) is 0 Å². The molecule has 0 saturated carbocycles. The Morgan fingerprint density at radius 3 is 2.62 bits per heavy atom. The summed E-state index contributed by atoms with van der Waals surface area (Å²) in [7, 11) is 0. The molecule has 0 aliphatic heterocycles. The van der Waals surface area contributed by atoms with Gasteiger partial charge in [0.2, 0.25) is 0 Å². The summed E-state index contributed by atoms with van der Waals surface area (Å²) in [6.45, 7) is 2.54. The van der Waals surface area contributed by atoms with E-state index in [1.807, 2.05) is 19.1 Å². The molecule has 2 rings (SSSR count). The van der Waals surface area contributed by atoms with E-state index in [0.717, 1.165) is 11.1 Å². The SMILES string of the molecule is CC(Cc1cccc(F)c1)NCc1cccc([N+](=O)[O-])c1. The average Bonchev–Trinajstić information content (AvgIpc) is 2.45. The number of benzene rings is 2. The van der Waals surface area contributed by atoms with E-state index >= 15 is 0 Å². The van der Waals surface area contributed by atoms with Crippen LogP contribution in [0.25, 0.3) is 0 Å². The maximum Gasteiger partial charge on any atom is 0.269 e. The van der Waals surface area contributed by atoms with Crippen molar-refractivity contribution in [2.75, 3.05) is 0 Å². The quantitative estimate of drug-likeness (QED) is 0.654. The molecule has 2 aromatic rings. The van der Waals surface area contributed by atoms with Gasteiger partial charge >= 0.3 is 0 Å². The Balaban J connectivity index is 1.90. The molecule has 5 heteroatoms. The third-order valence-electron chi connectivity index (χ3n) is 3.21. The van der Waals surface area contributed by atoms with E-state index in [-0.39, 0.29) is 17.5 Å². The molecule has 0 aliphatic carbocycles. The fourth-order valence-electron chi connectivity index (χ4n) is 2.16. The van der Waals surface area contributed by atoms with Crippen LogP contribution in [-0.2, 0) is 13.0 Å². The van der Waals surface area contributed by atoms with Crippen molar-refractivity contribution in [1.82, 2.24) is 5.32 Å². The van der Waals surface area contributed by atoms with Gasteiger partial charge in [-0.3, -0.25) is 10.1 Å². The summed E-state index contributed by atoms with van der Waals surface area (Å²) < 4.78 is 13.1. The number of non-ortho nitro benzene ring substituents is 1. The summed E-state index contributed by atoms with van der Waals surface area (Å²) in [4.78, 5) is 10.3. The van der Waals surface area contributed by atoms with Gasteiger partial charge in [0.25, 0.3) is 5.69 Å². The standard InChI is InChI=1S/C16H17FN2O2/c1-12(8-13-4-2-6-15(17)9-13)18-11-14-5-3-7-16(10-14)19(20)21/h2-7,9-10,12,18H,8,11H2,1H3. The van der Waals surface area contributed by atoms with Crippen molar-refractivity contribution in [3.8, 4) is 0 Å². The number of nitro benzene ring substituents is 1. The van der Waals surface area contributed by atoms with Crippen LogP contribution in [0, 0.1) is 15.9 Å². The van der Waals surface area contributed by atoms with E-state index in [2.05, 4.69) is 5.32 Å². The minimum absolute atomic E-state index is 0.0899. The van der Waals surface area contributed by atoms with Crippen molar-refractivity contribution in [1.29, 1.82) is 0 Å². The van der Waals surface area contributed by atoms with Crippen LogP contribution in [0.1, 0.15) is 18.1 Å². The van der Waals surface area contributed by atoms with Gasteiger partial charge in [0.15, 0.2) is 0 Å². The highest BCUT2D eigenvalue weighted by Gasteiger charge is 2.07. The minimum atomic E-state index is -0.403. The van der Waals surface area contributed by atoms with Gasteiger partial charge in [0.05, 0.1) is 4.92 Å². The van der Waals surface area contributed by atoms with Gasteiger partial charge in [-0.25, -0.2) is 4.39 Å². The largest absolute Gasteiger partial charge is 0.310 e. The predicted octanol–water partition coefficient (Wildman–Crippen LogP) is 3.45. The first-order valence-electron chi connectivity index (χ1n) is 6.76. The fraction of sp³-hybridized carbons (Fsp3) is 0.250. The first kappa shape index (κ1) is 15.1. The summed E-state index contributed by atoms with van der Waals surface area (Å²) in [5.74, 6) is -0.238. The number of nitro groups is 1. The van der Waals surface area contributed by atoms with Crippen LogP contribution in [0.3, 0.4) is 0 Å². The van der Waals surface area contributed by atoms with Crippen molar-refractivity contribution in [2.24, 2.45) is 0 Å². The van der Waals surface area contributed by atoms with Crippen LogP contribution < -0.4 is 5.32 Å². The van der Waals surface area contributed by atoms with Gasteiger partial charge in [-0.05, 0) is 36.6 Å². The summed E-state index contributed by atoms with van der Waals surface area (Å²) in [5.41, 5.74) is 1.87. The normalized spacial score (nSPS) is 12.1. The molecule has 2 aromatic carbocycles.